The topological polar surface area (TPSA) is 77.0 Å². The molecular weight excluding hydrogens is 423 g/mol. The first kappa shape index (κ1) is 17.9. The minimum Gasteiger partial charge on any atom is -0.496 e. The molecule has 0 aliphatic rings. The van der Waals surface area contributed by atoms with E-state index in [2.05, 4.69) is 37.9 Å². The highest BCUT2D eigenvalue weighted by molar-refractivity contribution is 14.1. The molecule has 0 radical (unpaired) electrons. The Kier molecular flexibility index (Phi) is 6.30. The number of hydrazone groups is 1. The fourth-order valence-electron chi connectivity index (χ4n) is 1.85. The number of carbonyl (C=O) groups is 2. The van der Waals surface area contributed by atoms with Crippen LogP contribution in [-0.4, -0.2) is 32.3 Å². The third-order valence-electron chi connectivity index (χ3n) is 3.12. The maximum absolute atomic E-state index is 12.1. The number of methoxy groups -OCH3 is 2. The van der Waals surface area contributed by atoms with Crippen LogP contribution in [0.4, 0.5) is 0 Å². The van der Waals surface area contributed by atoms with Crippen molar-refractivity contribution in [2.75, 3.05) is 14.2 Å². The maximum atomic E-state index is 12.1. The summed E-state index contributed by atoms with van der Waals surface area (Å²) in [6.07, 6.45) is 1.49. The fourth-order valence-corrected chi connectivity index (χ4v) is 2.41. The lowest BCUT2D eigenvalue weighted by molar-refractivity contribution is 0.0600. The Labute approximate surface area is 153 Å². The Morgan fingerprint density at radius 3 is 2.38 bits per heavy atom. The molecule has 0 saturated heterocycles. The maximum Gasteiger partial charge on any atom is 0.337 e. The second-order valence-corrected chi connectivity index (χ2v) is 5.82. The third kappa shape index (κ3) is 4.54. The summed E-state index contributed by atoms with van der Waals surface area (Å²) in [7, 11) is 2.88. The van der Waals surface area contributed by atoms with Crippen molar-refractivity contribution in [3.05, 3.63) is 62.7 Å². The Balaban J connectivity index is 2.00. The average Bonchev–Trinajstić information content (AvgIpc) is 2.62. The van der Waals surface area contributed by atoms with Crippen LogP contribution in [0.3, 0.4) is 0 Å². The molecule has 0 heterocycles. The molecule has 24 heavy (non-hydrogen) atoms. The molecule has 2 aromatic carbocycles. The number of esters is 1. The highest BCUT2D eigenvalue weighted by Gasteiger charge is 2.08. The van der Waals surface area contributed by atoms with E-state index in [-0.39, 0.29) is 5.91 Å². The summed E-state index contributed by atoms with van der Waals surface area (Å²) in [5.41, 5.74) is 4.08. The van der Waals surface area contributed by atoms with Gasteiger partial charge in [0.25, 0.3) is 5.91 Å². The monoisotopic (exact) mass is 438 g/mol. The predicted molar refractivity (Wildman–Crippen MR) is 98.6 cm³/mol. The van der Waals surface area contributed by atoms with E-state index < -0.39 is 5.97 Å². The molecule has 2 aromatic rings. The smallest absolute Gasteiger partial charge is 0.337 e. The first-order valence-corrected chi connectivity index (χ1v) is 7.98. The van der Waals surface area contributed by atoms with Gasteiger partial charge in [-0.15, -0.1) is 0 Å². The van der Waals surface area contributed by atoms with Crippen LogP contribution in [0, 0.1) is 3.57 Å². The zero-order chi connectivity index (χ0) is 17.5. The zero-order valence-electron chi connectivity index (χ0n) is 13.1. The minimum absolute atomic E-state index is 0.341. The van der Waals surface area contributed by atoms with Crippen LogP contribution < -0.4 is 10.2 Å². The summed E-state index contributed by atoms with van der Waals surface area (Å²) >= 11 is 2.13. The van der Waals surface area contributed by atoms with Crippen molar-refractivity contribution in [3.8, 4) is 5.75 Å². The van der Waals surface area contributed by atoms with Gasteiger partial charge in [-0.05, 0) is 58.5 Å². The first-order valence-electron chi connectivity index (χ1n) is 6.90. The second kappa shape index (κ2) is 8.44. The first-order chi connectivity index (χ1) is 11.5. The Morgan fingerprint density at radius 1 is 1.08 bits per heavy atom. The van der Waals surface area contributed by atoms with Crippen molar-refractivity contribution in [1.29, 1.82) is 0 Å². The fraction of sp³-hybridized carbons (Fsp3) is 0.118. The van der Waals surface area contributed by atoms with Crippen molar-refractivity contribution in [3.63, 3.8) is 0 Å². The van der Waals surface area contributed by atoms with Gasteiger partial charge in [0.2, 0.25) is 0 Å². The molecule has 2 rings (SSSR count). The van der Waals surface area contributed by atoms with Gasteiger partial charge < -0.3 is 9.47 Å². The summed E-state index contributed by atoms with van der Waals surface area (Å²) in [5.74, 6) is -0.114. The number of ether oxygens (including phenoxy) is 2. The van der Waals surface area contributed by atoms with Crippen LogP contribution in [0.1, 0.15) is 26.3 Å². The molecule has 0 unspecified atom stereocenters. The van der Waals surface area contributed by atoms with Crippen LogP contribution in [0.25, 0.3) is 0 Å². The number of carbonyl (C=O) groups excluding carboxylic acids is 2. The summed E-state index contributed by atoms with van der Waals surface area (Å²) in [4.78, 5) is 23.4. The second-order valence-electron chi connectivity index (χ2n) is 4.66. The third-order valence-corrected chi connectivity index (χ3v) is 4.02. The molecule has 0 bridgehead atoms. The molecule has 0 atom stereocenters. The van der Waals surface area contributed by atoms with Crippen LogP contribution in [0.2, 0.25) is 0 Å². The van der Waals surface area contributed by atoms with E-state index in [1.165, 1.54) is 13.3 Å². The van der Waals surface area contributed by atoms with Gasteiger partial charge in [0.1, 0.15) is 5.75 Å². The van der Waals surface area contributed by atoms with Gasteiger partial charge in [-0.1, -0.05) is 12.1 Å². The van der Waals surface area contributed by atoms with Crippen molar-refractivity contribution >= 4 is 40.7 Å². The quantitative estimate of drug-likeness (QED) is 0.337. The molecule has 0 aromatic heterocycles. The molecule has 0 aliphatic carbocycles. The number of hydrogen-bond donors (Lipinski definition) is 1. The van der Waals surface area contributed by atoms with Gasteiger partial charge in [-0.2, -0.15) is 5.10 Å². The molecule has 7 heteroatoms. The molecule has 1 N–H and O–H groups in total. The van der Waals surface area contributed by atoms with Crippen LogP contribution >= 0.6 is 22.6 Å². The Bertz CT molecular complexity index is 773. The lowest BCUT2D eigenvalue weighted by Crippen LogP contribution is -2.17. The molecule has 0 saturated carbocycles. The Morgan fingerprint density at radius 2 is 1.75 bits per heavy atom. The van der Waals surface area contributed by atoms with E-state index >= 15 is 0 Å². The van der Waals surface area contributed by atoms with Gasteiger partial charge in [0, 0.05) is 5.56 Å². The molecule has 6 nitrogen and oxygen atoms in total. The van der Waals surface area contributed by atoms with Gasteiger partial charge >= 0.3 is 5.97 Å². The van der Waals surface area contributed by atoms with Crippen LogP contribution in [0.5, 0.6) is 5.75 Å². The number of amides is 1. The van der Waals surface area contributed by atoms with Gasteiger partial charge in [-0.25, -0.2) is 10.2 Å². The average molecular weight is 438 g/mol. The van der Waals surface area contributed by atoms with Crippen molar-refractivity contribution in [2.45, 2.75) is 0 Å². The highest BCUT2D eigenvalue weighted by Crippen LogP contribution is 2.21. The molecule has 0 aliphatic heterocycles. The normalized spacial score (nSPS) is 10.5. The van der Waals surface area contributed by atoms with Crippen molar-refractivity contribution < 1.29 is 19.1 Å². The van der Waals surface area contributed by atoms with Crippen LogP contribution in [0.15, 0.2) is 47.6 Å². The zero-order valence-corrected chi connectivity index (χ0v) is 15.2. The minimum atomic E-state index is -0.403. The molecule has 124 valence electrons. The van der Waals surface area contributed by atoms with E-state index in [1.807, 2.05) is 0 Å². The van der Waals surface area contributed by atoms with E-state index in [0.717, 1.165) is 9.13 Å². The number of nitrogens with one attached hydrogen (secondary N) is 1. The molecule has 0 spiro atoms. The number of rotatable bonds is 5. The summed E-state index contributed by atoms with van der Waals surface area (Å²) in [5, 5.41) is 3.91. The van der Waals surface area contributed by atoms with Gasteiger partial charge in [-0.3, -0.25) is 4.79 Å². The molecular formula is C17H15IN2O4. The number of halogens is 1. The number of nitrogens with zero attached hydrogens (tertiary/aromatic N) is 1. The van der Waals surface area contributed by atoms with E-state index in [4.69, 9.17) is 4.74 Å². The highest BCUT2D eigenvalue weighted by atomic mass is 127. The standard InChI is InChI=1S/C17H15IN2O4/c1-23-15-9-13(7-8-14(15)18)16(21)20-19-10-11-3-5-12(6-4-11)17(22)24-2/h3-10H,1-2H3,(H,20,21)/b19-10-. The Hall–Kier alpha value is -2.42. The SMILES string of the molecule is COC(=O)c1ccc(/C=N\NC(=O)c2ccc(I)c(OC)c2)cc1. The number of benzene rings is 2. The molecule has 1 amide bonds. The van der Waals surface area contributed by atoms with E-state index in [9.17, 15) is 9.59 Å². The number of hydrogen-bond acceptors (Lipinski definition) is 5. The predicted octanol–water partition coefficient (Wildman–Crippen LogP) is 2.85. The molecule has 0 fully saturated rings. The lowest BCUT2D eigenvalue weighted by Gasteiger charge is -2.05. The largest absolute Gasteiger partial charge is 0.496 e. The summed E-state index contributed by atoms with van der Waals surface area (Å²) in [6.45, 7) is 0. The summed E-state index contributed by atoms with van der Waals surface area (Å²) < 4.78 is 10.7. The van der Waals surface area contributed by atoms with Gasteiger partial charge in [0.15, 0.2) is 0 Å². The summed E-state index contributed by atoms with van der Waals surface area (Å²) in [6, 6.07) is 11.8. The van der Waals surface area contributed by atoms with E-state index in [1.54, 1.807) is 49.6 Å². The lowest BCUT2D eigenvalue weighted by atomic mass is 10.1. The van der Waals surface area contributed by atoms with Gasteiger partial charge in [0.05, 0.1) is 29.6 Å². The van der Waals surface area contributed by atoms with Crippen molar-refractivity contribution in [2.24, 2.45) is 5.10 Å². The van der Waals surface area contributed by atoms with Crippen LogP contribution in [-0.2, 0) is 4.74 Å². The van der Waals surface area contributed by atoms with E-state index in [0.29, 0.717) is 16.9 Å². The van der Waals surface area contributed by atoms with Crippen molar-refractivity contribution in [1.82, 2.24) is 5.43 Å².